The summed E-state index contributed by atoms with van der Waals surface area (Å²) in [4.78, 5) is 66.7. The molecule has 1 amide bonds. The van der Waals surface area contributed by atoms with Crippen LogP contribution in [0.1, 0.15) is 28.8 Å². The number of nitrogens with zero attached hydrogens (tertiary/aromatic N) is 1. The number of hydrogen-bond acceptors (Lipinski definition) is 8. The van der Waals surface area contributed by atoms with Gasteiger partial charge >= 0.3 is 0 Å². The van der Waals surface area contributed by atoms with Crippen LogP contribution in [0.4, 0.5) is 5.69 Å². The third-order valence-corrected chi connectivity index (χ3v) is 7.95. The van der Waals surface area contributed by atoms with Gasteiger partial charge in [-0.25, -0.2) is 0 Å². The fourth-order valence-electron chi connectivity index (χ4n) is 6.25. The molecule has 2 aromatic carbocycles. The van der Waals surface area contributed by atoms with E-state index in [9.17, 15) is 34.2 Å². The molecule has 5 atom stereocenters. The second kappa shape index (κ2) is 8.09. The summed E-state index contributed by atoms with van der Waals surface area (Å²) in [6, 6.07) is 10.8. The Hall–Kier alpha value is -3.85. The van der Waals surface area contributed by atoms with Crippen molar-refractivity contribution in [2.24, 2.45) is 29.4 Å². The number of hydrogen-bond donors (Lipinski definition) is 3. The smallest absolute Gasteiger partial charge is 0.235 e. The molecule has 4 N–H and O–H groups in total. The van der Waals surface area contributed by atoms with Crippen LogP contribution in [0.5, 0.6) is 5.75 Å². The fraction of sp³-hybridized carbons (Fsp3) is 0.370. The number of nitrogens with two attached hydrogens (primary N) is 1. The van der Waals surface area contributed by atoms with Gasteiger partial charge in [-0.05, 0) is 36.0 Å². The number of phenolic OH excluding ortho intramolecular Hbond substituents is 1. The molecule has 3 aliphatic rings. The Bertz CT molecular complexity index is 1350. The molecule has 0 saturated heterocycles. The molecular weight excluding hydrogens is 464 g/mol. The molecule has 0 heterocycles. The van der Waals surface area contributed by atoms with Crippen LogP contribution in [0.15, 0.2) is 36.4 Å². The van der Waals surface area contributed by atoms with Gasteiger partial charge in [-0.15, -0.1) is 0 Å². The molecule has 0 aromatic heterocycles. The number of carbonyl (C=O) groups is 5. The lowest BCUT2D eigenvalue weighted by Gasteiger charge is -2.48. The lowest BCUT2D eigenvalue weighted by atomic mass is 9.53. The van der Waals surface area contributed by atoms with Crippen molar-refractivity contribution in [3.05, 3.63) is 47.5 Å². The second-order valence-electron chi connectivity index (χ2n) is 10.1. The van der Waals surface area contributed by atoms with Crippen molar-refractivity contribution < 1.29 is 34.2 Å². The fourth-order valence-corrected chi connectivity index (χ4v) is 6.25. The zero-order valence-electron chi connectivity index (χ0n) is 19.9. The molecule has 36 heavy (non-hydrogen) atoms. The van der Waals surface area contributed by atoms with Gasteiger partial charge in [0.05, 0.1) is 11.5 Å². The van der Waals surface area contributed by atoms with Crippen molar-refractivity contribution in [2.45, 2.75) is 24.9 Å². The molecule has 9 nitrogen and oxygen atoms in total. The highest BCUT2D eigenvalue weighted by atomic mass is 16.3. The molecule has 9 heteroatoms. The summed E-state index contributed by atoms with van der Waals surface area (Å²) in [5.74, 6) is -10.1. The quantitative estimate of drug-likeness (QED) is 0.540. The van der Waals surface area contributed by atoms with E-state index >= 15 is 0 Å². The Morgan fingerprint density at radius 1 is 1.06 bits per heavy atom. The summed E-state index contributed by atoms with van der Waals surface area (Å²) in [5, 5.41) is 22.6. The molecule has 2 saturated carbocycles. The Morgan fingerprint density at radius 2 is 1.72 bits per heavy atom. The predicted octanol–water partition coefficient (Wildman–Crippen LogP) is 1.06. The van der Waals surface area contributed by atoms with E-state index in [2.05, 4.69) is 0 Å². The highest BCUT2D eigenvalue weighted by Gasteiger charge is 2.66. The molecule has 0 radical (unpaired) electrons. The minimum absolute atomic E-state index is 0.0116. The predicted molar refractivity (Wildman–Crippen MR) is 128 cm³/mol. The van der Waals surface area contributed by atoms with Crippen LogP contribution in [-0.4, -0.2) is 58.9 Å². The van der Waals surface area contributed by atoms with E-state index in [1.807, 2.05) is 25.1 Å². The summed E-state index contributed by atoms with van der Waals surface area (Å²) in [6.45, 7) is 0. The Kier molecular flexibility index (Phi) is 5.37. The number of amides is 1. The lowest BCUT2D eigenvalue weighted by Crippen LogP contribution is -2.68. The van der Waals surface area contributed by atoms with Crippen LogP contribution in [0.25, 0.3) is 11.1 Å². The van der Waals surface area contributed by atoms with Crippen LogP contribution >= 0.6 is 0 Å². The van der Waals surface area contributed by atoms with Crippen molar-refractivity contribution in [1.82, 2.24) is 0 Å². The van der Waals surface area contributed by atoms with E-state index in [4.69, 9.17) is 5.73 Å². The van der Waals surface area contributed by atoms with Crippen molar-refractivity contribution in [2.75, 3.05) is 19.0 Å². The van der Waals surface area contributed by atoms with E-state index < -0.39 is 58.3 Å². The van der Waals surface area contributed by atoms with E-state index in [0.29, 0.717) is 22.4 Å². The van der Waals surface area contributed by atoms with E-state index in [0.717, 1.165) is 0 Å². The van der Waals surface area contributed by atoms with Crippen LogP contribution in [-0.2, 0) is 25.6 Å². The lowest BCUT2D eigenvalue weighted by molar-refractivity contribution is -0.175. The monoisotopic (exact) mass is 490 g/mol. The van der Waals surface area contributed by atoms with Gasteiger partial charge in [0, 0.05) is 37.7 Å². The van der Waals surface area contributed by atoms with Crippen molar-refractivity contribution in [1.29, 1.82) is 0 Å². The van der Waals surface area contributed by atoms with Gasteiger partial charge in [0.15, 0.2) is 34.7 Å². The maximum absolute atomic E-state index is 13.9. The molecule has 5 rings (SSSR count). The van der Waals surface area contributed by atoms with Gasteiger partial charge in [0.2, 0.25) is 5.91 Å². The second-order valence-corrected chi connectivity index (χ2v) is 10.1. The Labute approximate surface area is 206 Å². The largest absolute Gasteiger partial charge is 0.507 e. The highest BCUT2D eigenvalue weighted by molar-refractivity contribution is 6.31. The molecule has 2 unspecified atom stereocenters. The number of carbonyl (C=O) groups excluding carboxylic acids is 5. The number of ketones is 4. The first kappa shape index (κ1) is 23.9. The van der Waals surface area contributed by atoms with Crippen molar-refractivity contribution in [3.63, 3.8) is 0 Å². The maximum atomic E-state index is 13.9. The minimum atomic E-state index is -2.65. The number of primary amides is 1. The van der Waals surface area contributed by atoms with Gasteiger partial charge in [0.1, 0.15) is 5.75 Å². The summed E-state index contributed by atoms with van der Waals surface area (Å²) in [5.41, 5.74) is 4.93. The summed E-state index contributed by atoms with van der Waals surface area (Å²) in [6.07, 6.45) is -0.0540. The number of aliphatic hydroxyl groups is 1. The average Bonchev–Trinajstić information content (AvgIpc) is 2.81. The van der Waals surface area contributed by atoms with Crippen LogP contribution in [0.2, 0.25) is 0 Å². The van der Waals surface area contributed by atoms with Crippen LogP contribution in [0, 0.1) is 23.7 Å². The number of aromatic hydroxyl groups is 1. The van der Waals surface area contributed by atoms with Crippen LogP contribution in [0.3, 0.4) is 0 Å². The maximum Gasteiger partial charge on any atom is 0.235 e. The first-order valence-electron chi connectivity index (χ1n) is 11.8. The SMILES string of the molecule is CN(C)c1cc(-c2ccccc2)c(O)c2c1C[C@H]1C[C@H]3CC(=O)C(C(N)=O)C(=O)[C@@]3(O)C(=O)C1C2=O. The Morgan fingerprint density at radius 3 is 2.33 bits per heavy atom. The zero-order valence-corrected chi connectivity index (χ0v) is 19.9. The number of anilines is 1. The van der Waals surface area contributed by atoms with E-state index in [1.165, 1.54) is 0 Å². The van der Waals surface area contributed by atoms with E-state index in [1.54, 1.807) is 30.3 Å². The molecule has 0 bridgehead atoms. The average molecular weight is 491 g/mol. The van der Waals surface area contributed by atoms with Crippen LogP contribution < -0.4 is 10.6 Å². The first-order chi connectivity index (χ1) is 17.0. The molecule has 2 fully saturated rings. The molecule has 0 spiro atoms. The van der Waals surface area contributed by atoms with Gasteiger partial charge < -0.3 is 20.8 Å². The van der Waals surface area contributed by atoms with Gasteiger partial charge in [0.25, 0.3) is 0 Å². The summed E-state index contributed by atoms with van der Waals surface area (Å²) in [7, 11) is 3.62. The number of rotatable bonds is 3. The summed E-state index contributed by atoms with van der Waals surface area (Å²) < 4.78 is 0. The third-order valence-electron chi connectivity index (χ3n) is 7.95. The molecule has 0 aliphatic heterocycles. The molecule has 2 aromatic rings. The van der Waals surface area contributed by atoms with E-state index in [-0.39, 0.29) is 30.6 Å². The zero-order chi connectivity index (χ0) is 26.1. The van der Waals surface area contributed by atoms with Gasteiger partial charge in [-0.3, -0.25) is 24.0 Å². The Balaban J connectivity index is 1.66. The number of fused-ring (bicyclic) bond motifs is 3. The minimum Gasteiger partial charge on any atom is -0.507 e. The number of benzene rings is 2. The van der Waals surface area contributed by atoms with Crippen molar-refractivity contribution >= 4 is 34.7 Å². The highest BCUT2D eigenvalue weighted by Crippen LogP contribution is 2.52. The first-order valence-corrected chi connectivity index (χ1v) is 11.8. The standard InChI is InChI=1S/C27H26N2O7/c1-29(2)17-11-15(12-6-4-3-5-7-12)22(31)20-16(17)9-13-8-14-10-18(30)21(26(28)35)25(34)27(14,36)24(33)19(13)23(20)32/h3-7,11,13-14,19,21,31,36H,8-10H2,1-2H3,(H2,28,35)/t13-,14+,19?,21?,27+/m1/s1. The number of phenols is 1. The number of Topliss-reactive ketones (excluding diaryl/α,β-unsaturated/α-hetero) is 4. The van der Waals surface area contributed by atoms with Crippen molar-refractivity contribution in [3.8, 4) is 16.9 Å². The topological polar surface area (TPSA) is 155 Å². The van der Waals surface area contributed by atoms with Gasteiger partial charge in [-0.2, -0.15) is 0 Å². The molecule has 3 aliphatic carbocycles. The molecular formula is C27H26N2O7. The summed E-state index contributed by atoms with van der Waals surface area (Å²) >= 11 is 0. The molecule has 186 valence electrons. The third kappa shape index (κ3) is 3.15. The van der Waals surface area contributed by atoms with Gasteiger partial charge in [-0.1, -0.05) is 30.3 Å². The normalized spacial score (nSPS) is 29.3.